The van der Waals surface area contributed by atoms with Crippen molar-refractivity contribution in [2.45, 2.75) is 38.1 Å². The highest BCUT2D eigenvalue weighted by atomic mass is 15.1. The van der Waals surface area contributed by atoms with Crippen LogP contribution in [-0.2, 0) is 6.54 Å². The Bertz CT molecular complexity index is 742. The molecule has 4 nitrogen and oxygen atoms in total. The predicted octanol–water partition coefficient (Wildman–Crippen LogP) is 3.53. The van der Waals surface area contributed by atoms with Crippen LogP contribution in [0, 0.1) is 0 Å². The van der Waals surface area contributed by atoms with Crippen LogP contribution in [0.2, 0.25) is 0 Å². The van der Waals surface area contributed by atoms with Gasteiger partial charge in [0.1, 0.15) is 11.8 Å². The Hall–Kier alpha value is -2.23. The van der Waals surface area contributed by atoms with Crippen molar-refractivity contribution in [3.63, 3.8) is 0 Å². The molecule has 0 saturated heterocycles. The third-order valence-corrected chi connectivity index (χ3v) is 4.37. The minimum Gasteiger partial charge on any atom is -0.311 e. The van der Waals surface area contributed by atoms with Crippen LogP contribution in [0.3, 0.4) is 0 Å². The van der Waals surface area contributed by atoms with Crippen molar-refractivity contribution in [3.8, 4) is 0 Å². The molecule has 0 amide bonds. The van der Waals surface area contributed by atoms with Crippen molar-refractivity contribution in [2.75, 3.05) is 0 Å². The highest BCUT2D eigenvalue weighted by molar-refractivity contribution is 5.73. The van der Waals surface area contributed by atoms with E-state index in [0.29, 0.717) is 5.92 Å². The second kappa shape index (κ2) is 5.28. The lowest BCUT2D eigenvalue weighted by Gasteiger charge is -2.09. The molecule has 1 aliphatic rings. The van der Waals surface area contributed by atoms with Gasteiger partial charge in [0.15, 0.2) is 5.65 Å². The Labute approximate surface area is 123 Å². The van der Waals surface area contributed by atoms with E-state index in [1.165, 1.54) is 31.2 Å². The van der Waals surface area contributed by atoms with E-state index in [0.717, 1.165) is 23.4 Å². The average molecular weight is 278 g/mol. The number of hydrogen-bond acceptors (Lipinski definition) is 3. The number of aromatic nitrogens is 4. The quantitative estimate of drug-likeness (QED) is 0.736. The maximum Gasteiger partial charge on any atom is 0.163 e. The molecule has 0 atom stereocenters. The van der Waals surface area contributed by atoms with Crippen LogP contribution >= 0.6 is 0 Å². The van der Waals surface area contributed by atoms with Crippen molar-refractivity contribution < 1.29 is 0 Å². The topological polar surface area (TPSA) is 43.6 Å². The summed E-state index contributed by atoms with van der Waals surface area (Å²) in [6, 6.07) is 10.4. The Balaban J connectivity index is 1.73. The minimum absolute atomic E-state index is 0.565. The summed E-state index contributed by atoms with van der Waals surface area (Å²) in [5.41, 5.74) is 4.35. The lowest BCUT2D eigenvalue weighted by atomic mass is 10.0. The van der Waals surface area contributed by atoms with E-state index < -0.39 is 0 Å². The first-order chi connectivity index (χ1) is 10.4. The molecule has 3 aromatic rings. The Morgan fingerprint density at radius 3 is 2.62 bits per heavy atom. The van der Waals surface area contributed by atoms with Gasteiger partial charge in [-0.3, -0.25) is 0 Å². The van der Waals surface area contributed by atoms with Gasteiger partial charge < -0.3 is 4.57 Å². The summed E-state index contributed by atoms with van der Waals surface area (Å²) in [7, 11) is 0. The van der Waals surface area contributed by atoms with Crippen molar-refractivity contribution >= 4 is 11.2 Å². The van der Waals surface area contributed by atoms with Crippen LogP contribution in [0.15, 0.2) is 43.0 Å². The minimum atomic E-state index is 0.565. The van der Waals surface area contributed by atoms with Crippen molar-refractivity contribution in [1.29, 1.82) is 0 Å². The molecule has 21 heavy (non-hydrogen) atoms. The van der Waals surface area contributed by atoms with Gasteiger partial charge in [0.2, 0.25) is 0 Å². The normalized spacial score (nSPS) is 15.8. The maximum atomic E-state index is 4.60. The van der Waals surface area contributed by atoms with E-state index in [1.807, 2.05) is 12.4 Å². The largest absolute Gasteiger partial charge is 0.311 e. The molecule has 2 aromatic heterocycles. The average Bonchev–Trinajstić information content (AvgIpc) is 3.18. The zero-order valence-electron chi connectivity index (χ0n) is 11.9. The molecular formula is C17H18N4. The number of rotatable bonds is 3. The highest BCUT2D eigenvalue weighted by Gasteiger charge is 2.22. The molecule has 1 aliphatic carbocycles. The molecule has 0 unspecified atom stereocenters. The van der Waals surface area contributed by atoms with E-state index in [1.54, 1.807) is 6.33 Å². The molecule has 0 spiro atoms. The summed E-state index contributed by atoms with van der Waals surface area (Å²) in [5, 5.41) is 0. The van der Waals surface area contributed by atoms with Crippen LogP contribution < -0.4 is 0 Å². The second-order valence-electron chi connectivity index (χ2n) is 5.77. The lowest BCUT2D eigenvalue weighted by molar-refractivity contribution is 0.700. The van der Waals surface area contributed by atoms with Crippen LogP contribution in [0.1, 0.15) is 42.9 Å². The zero-order chi connectivity index (χ0) is 14.1. The van der Waals surface area contributed by atoms with Gasteiger partial charge >= 0.3 is 0 Å². The summed E-state index contributed by atoms with van der Waals surface area (Å²) in [6.07, 6.45) is 8.67. The van der Waals surface area contributed by atoms with Crippen molar-refractivity contribution in [2.24, 2.45) is 0 Å². The number of imidazole rings is 1. The number of nitrogens with zero attached hydrogens (tertiary/aromatic N) is 4. The molecule has 0 N–H and O–H groups in total. The summed E-state index contributed by atoms with van der Waals surface area (Å²) in [5.74, 6) is 0.565. The molecule has 106 valence electrons. The van der Waals surface area contributed by atoms with E-state index >= 15 is 0 Å². The smallest absolute Gasteiger partial charge is 0.163 e. The number of fused-ring (bicyclic) bond motifs is 1. The maximum absolute atomic E-state index is 4.60. The first kappa shape index (κ1) is 12.5. The van der Waals surface area contributed by atoms with Crippen LogP contribution in [0.25, 0.3) is 11.2 Å². The lowest BCUT2D eigenvalue weighted by Crippen LogP contribution is -2.02. The van der Waals surface area contributed by atoms with Gasteiger partial charge in [-0.15, -0.1) is 0 Å². The SMILES string of the molecule is c1ccc(Cn2cnc3c(C4CCCC4)ncnc32)cc1. The molecule has 0 bridgehead atoms. The van der Waals surface area contributed by atoms with Gasteiger partial charge in [0.25, 0.3) is 0 Å². The molecule has 4 heteroatoms. The summed E-state index contributed by atoms with van der Waals surface area (Å²) < 4.78 is 2.12. The number of hydrogen-bond donors (Lipinski definition) is 0. The molecule has 2 heterocycles. The van der Waals surface area contributed by atoms with Gasteiger partial charge in [-0.1, -0.05) is 43.2 Å². The van der Waals surface area contributed by atoms with Crippen LogP contribution in [-0.4, -0.2) is 19.5 Å². The molecular weight excluding hydrogens is 260 g/mol. The third-order valence-electron chi connectivity index (χ3n) is 4.37. The molecule has 0 radical (unpaired) electrons. The fourth-order valence-corrected chi connectivity index (χ4v) is 3.29. The van der Waals surface area contributed by atoms with Gasteiger partial charge in [-0.2, -0.15) is 0 Å². The van der Waals surface area contributed by atoms with Gasteiger partial charge in [-0.05, 0) is 18.4 Å². The molecule has 0 aliphatic heterocycles. The molecule has 4 rings (SSSR count). The van der Waals surface area contributed by atoms with Gasteiger partial charge in [-0.25, -0.2) is 15.0 Å². The standard InChI is InChI=1S/C17H18N4/c1-2-6-13(7-3-1)10-21-12-20-16-15(14-8-4-5-9-14)18-11-19-17(16)21/h1-3,6-7,11-12,14H,4-5,8-10H2. The Morgan fingerprint density at radius 2 is 1.81 bits per heavy atom. The van der Waals surface area contributed by atoms with Crippen molar-refractivity contribution in [1.82, 2.24) is 19.5 Å². The predicted molar refractivity (Wildman–Crippen MR) is 82.1 cm³/mol. The Kier molecular flexibility index (Phi) is 3.14. The number of benzene rings is 1. The molecule has 1 aromatic carbocycles. The Morgan fingerprint density at radius 1 is 1.00 bits per heavy atom. The first-order valence-corrected chi connectivity index (χ1v) is 7.61. The van der Waals surface area contributed by atoms with Gasteiger partial charge in [0, 0.05) is 5.92 Å². The fraction of sp³-hybridized carbons (Fsp3) is 0.353. The first-order valence-electron chi connectivity index (χ1n) is 7.61. The van der Waals surface area contributed by atoms with E-state index in [-0.39, 0.29) is 0 Å². The van der Waals surface area contributed by atoms with Crippen LogP contribution in [0.5, 0.6) is 0 Å². The van der Waals surface area contributed by atoms with Crippen molar-refractivity contribution in [3.05, 3.63) is 54.2 Å². The molecule has 1 saturated carbocycles. The molecule has 1 fully saturated rings. The van der Waals surface area contributed by atoms with E-state index in [9.17, 15) is 0 Å². The third kappa shape index (κ3) is 2.31. The second-order valence-corrected chi connectivity index (χ2v) is 5.77. The monoisotopic (exact) mass is 278 g/mol. The summed E-state index contributed by atoms with van der Waals surface area (Å²) in [4.78, 5) is 13.6. The summed E-state index contributed by atoms with van der Waals surface area (Å²) >= 11 is 0. The zero-order valence-corrected chi connectivity index (χ0v) is 11.9. The highest BCUT2D eigenvalue weighted by Crippen LogP contribution is 2.35. The van der Waals surface area contributed by atoms with Crippen LogP contribution in [0.4, 0.5) is 0 Å². The fourth-order valence-electron chi connectivity index (χ4n) is 3.29. The van der Waals surface area contributed by atoms with Gasteiger partial charge in [0.05, 0.1) is 18.6 Å². The van der Waals surface area contributed by atoms with E-state index in [4.69, 9.17) is 0 Å². The van der Waals surface area contributed by atoms with E-state index in [2.05, 4.69) is 43.8 Å². The summed E-state index contributed by atoms with van der Waals surface area (Å²) in [6.45, 7) is 0.804.